The second kappa shape index (κ2) is 6.46. The molecule has 0 radical (unpaired) electrons. The van der Waals surface area contributed by atoms with Gasteiger partial charge < -0.3 is 15.2 Å². The number of nitrogens with one attached hydrogen (secondary N) is 2. The van der Waals surface area contributed by atoms with Crippen LogP contribution in [0.2, 0.25) is 0 Å². The van der Waals surface area contributed by atoms with Gasteiger partial charge in [0.1, 0.15) is 17.5 Å². The van der Waals surface area contributed by atoms with Crippen molar-refractivity contribution in [3.8, 4) is 0 Å². The van der Waals surface area contributed by atoms with E-state index in [9.17, 15) is 4.79 Å². The number of aromatic nitrogens is 5. The maximum Gasteiger partial charge on any atom is 0.270 e. The van der Waals surface area contributed by atoms with E-state index in [-0.39, 0.29) is 11.9 Å². The number of imidazole rings is 1. The molecule has 4 heterocycles. The van der Waals surface area contributed by atoms with Gasteiger partial charge in [0.15, 0.2) is 11.5 Å². The van der Waals surface area contributed by atoms with Crippen LogP contribution in [0.4, 0.5) is 5.82 Å². The van der Waals surface area contributed by atoms with Crippen molar-refractivity contribution in [2.75, 3.05) is 18.0 Å². The fraction of sp³-hybridized carbons (Fsp3) is 0.353. The lowest BCUT2D eigenvalue weighted by Crippen LogP contribution is -2.45. The van der Waals surface area contributed by atoms with Gasteiger partial charge in [-0.3, -0.25) is 4.79 Å². The minimum absolute atomic E-state index is 0.111. The SMILES string of the molecule is Cc1cccc(C(=O)NC2CCN(c3ncnc4nc[nH]c34)CC2)n1. The summed E-state index contributed by atoms with van der Waals surface area (Å²) in [6, 6.07) is 5.62. The lowest BCUT2D eigenvalue weighted by molar-refractivity contribution is 0.0926. The Morgan fingerprint density at radius 2 is 2.08 bits per heavy atom. The van der Waals surface area contributed by atoms with E-state index in [1.807, 2.05) is 19.1 Å². The number of H-pyrrole nitrogens is 1. The number of amides is 1. The Bertz CT molecular complexity index is 899. The minimum atomic E-state index is -0.111. The maximum absolute atomic E-state index is 12.3. The van der Waals surface area contributed by atoms with E-state index in [1.165, 1.54) is 6.33 Å². The number of fused-ring (bicyclic) bond motifs is 1. The Kier molecular flexibility index (Phi) is 4.01. The number of rotatable bonds is 3. The molecule has 8 heteroatoms. The predicted octanol–water partition coefficient (Wildman–Crippen LogP) is 1.46. The first-order valence-corrected chi connectivity index (χ1v) is 8.34. The largest absolute Gasteiger partial charge is 0.355 e. The number of hydrogen-bond donors (Lipinski definition) is 2. The van der Waals surface area contributed by atoms with Gasteiger partial charge >= 0.3 is 0 Å². The molecule has 1 aliphatic rings. The van der Waals surface area contributed by atoms with Crippen LogP contribution in [0, 0.1) is 6.92 Å². The Morgan fingerprint density at radius 3 is 2.88 bits per heavy atom. The molecule has 1 fully saturated rings. The predicted molar refractivity (Wildman–Crippen MR) is 93.4 cm³/mol. The van der Waals surface area contributed by atoms with Crippen LogP contribution < -0.4 is 10.2 Å². The summed E-state index contributed by atoms with van der Waals surface area (Å²) in [5.74, 6) is 0.757. The van der Waals surface area contributed by atoms with E-state index in [0.717, 1.165) is 43.0 Å². The van der Waals surface area contributed by atoms with Gasteiger partial charge in [-0.2, -0.15) is 0 Å². The maximum atomic E-state index is 12.3. The van der Waals surface area contributed by atoms with Crippen molar-refractivity contribution >= 4 is 22.9 Å². The molecule has 3 aromatic heterocycles. The average Bonchev–Trinajstić information content (AvgIpc) is 3.11. The van der Waals surface area contributed by atoms with Gasteiger partial charge in [-0.15, -0.1) is 0 Å². The summed E-state index contributed by atoms with van der Waals surface area (Å²) < 4.78 is 0. The average molecular weight is 337 g/mol. The molecule has 0 bridgehead atoms. The summed E-state index contributed by atoms with van der Waals surface area (Å²) in [6.07, 6.45) is 4.88. The number of piperidine rings is 1. The van der Waals surface area contributed by atoms with Crippen molar-refractivity contribution in [3.63, 3.8) is 0 Å². The lowest BCUT2D eigenvalue weighted by atomic mass is 10.0. The molecule has 0 spiro atoms. The Labute approximate surface area is 144 Å². The topological polar surface area (TPSA) is 99.7 Å². The minimum Gasteiger partial charge on any atom is -0.355 e. The Morgan fingerprint density at radius 1 is 1.24 bits per heavy atom. The molecule has 0 atom stereocenters. The normalized spacial score (nSPS) is 15.5. The van der Waals surface area contributed by atoms with Crippen LogP contribution in [0.1, 0.15) is 29.0 Å². The Hall–Kier alpha value is -3.03. The van der Waals surface area contributed by atoms with Crippen LogP contribution in [0.5, 0.6) is 0 Å². The molecule has 3 aromatic rings. The van der Waals surface area contributed by atoms with Crippen molar-refractivity contribution in [1.82, 2.24) is 30.2 Å². The number of carbonyl (C=O) groups is 1. The lowest BCUT2D eigenvalue weighted by Gasteiger charge is -2.33. The quantitative estimate of drug-likeness (QED) is 0.750. The Balaban J connectivity index is 1.40. The highest BCUT2D eigenvalue weighted by molar-refractivity contribution is 5.92. The van der Waals surface area contributed by atoms with Gasteiger partial charge in [0.2, 0.25) is 0 Å². The smallest absolute Gasteiger partial charge is 0.270 e. The zero-order valence-electron chi connectivity index (χ0n) is 13.9. The number of aryl methyl sites for hydroxylation is 1. The van der Waals surface area contributed by atoms with E-state index in [2.05, 4.69) is 35.1 Å². The van der Waals surface area contributed by atoms with Crippen LogP contribution >= 0.6 is 0 Å². The molecule has 4 rings (SSSR count). The summed E-state index contributed by atoms with van der Waals surface area (Å²) in [5, 5.41) is 3.09. The van der Waals surface area contributed by atoms with Crippen LogP contribution in [-0.4, -0.2) is 50.0 Å². The number of aromatic amines is 1. The van der Waals surface area contributed by atoms with Crippen LogP contribution in [0.3, 0.4) is 0 Å². The van der Waals surface area contributed by atoms with Gasteiger partial charge in [0.25, 0.3) is 5.91 Å². The zero-order chi connectivity index (χ0) is 17.2. The van der Waals surface area contributed by atoms with E-state index in [1.54, 1.807) is 12.4 Å². The van der Waals surface area contributed by atoms with Gasteiger partial charge in [0.05, 0.1) is 6.33 Å². The van der Waals surface area contributed by atoms with Crippen molar-refractivity contribution in [2.45, 2.75) is 25.8 Å². The third-order valence-electron chi connectivity index (χ3n) is 4.45. The first-order valence-electron chi connectivity index (χ1n) is 8.34. The second-order valence-electron chi connectivity index (χ2n) is 6.20. The standard InChI is InChI=1S/C17H19N7O/c1-11-3-2-4-13(22-11)17(25)23-12-5-7-24(8-6-12)16-14-15(19-9-18-14)20-10-21-16/h2-4,9-10,12H,5-8H2,1H3,(H,23,25)(H,18,19,20,21). The highest BCUT2D eigenvalue weighted by Crippen LogP contribution is 2.23. The first kappa shape index (κ1) is 15.5. The van der Waals surface area contributed by atoms with Gasteiger partial charge in [0, 0.05) is 24.8 Å². The first-order chi connectivity index (χ1) is 12.2. The number of carbonyl (C=O) groups excluding carboxylic acids is 1. The third kappa shape index (κ3) is 3.15. The summed E-state index contributed by atoms with van der Waals surface area (Å²) in [7, 11) is 0. The molecular formula is C17H19N7O. The van der Waals surface area contributed by atoms with Crippen LogP contribution in [0.25, 0.3) is 11.2 Å². The van der Waals surface area contributed by atoms with E-state index in [4.69, 9.17) is 0 Å². The van der Waals surface area contributed by atoms with Crippen LogP contribution in [-0.2, 0) is 0 Å². The molecule has 1 aliphatic heterocycles. The fourth-order valence-corrected chi connectivity index (χ4v) is 3.16. The van der Waals surface area contributed by atoms with Crippen molar-refractivity contribution in [3.05, 3.63) is 42.2 Å². The van der Waals surface area contributed by atoms with Crippen molar-refractivity contribution in [2.24, 2.45) is 0 Å². The molecule has 0 unspecified atom stereocenters. The molecule has 1 saturated heterocycles. The molecule has 0 saturated carbocycles. The summed E-state index contributed by atoms with van der Waals surface area (Å²) in [5.41, 5.74) is 2.84. The number of pyridine rings is 1. The number of hydrogen-bond acceptors (Lipinski definition) is 6. The monoisotopic (exact) mass is 337 g/mol. The molecule has 25 heavy (non-hydrogen) atoms. The summed E-state index contributed by atoms with van der Waals surface area (Å²) >= 11 is 0. The highest BCUT2D eigenvalue weighted by atomic mass is 16.1. The van der Waals surface area contributed by atoms with E-state index >= 15 is 0 Å². The molecule has 8 nitrogen and oxygen atoms in total. The number of nitrogens with zero attached hydrogens (tertiary/aromatic N) is 5. The molecule has 1 amide bonds. The van der Waals surface area contributed by atoms with Crippen molar-refractivity contribution < 1.29 is 4.79 Å². The molecular weight excluding hydrogens is 318 g/mol. The van der Waals surface area contributed by atoms with E-state index < -0.39 is 0 Å². The highest BCUT2D eigenvalue weighted by Gasteiger charge is 2.24. The summed E-state index contributed by atoms with van der Waals surface area (Å²) in [6.45, 7) is 3.52. The zero-order valence-corrected chi connectivity index (χ0v) is 13.9. The third-order valence-corrected chi connectivity index (χ3v) is 4.45. The van der Waals surface area contributed by atoms with Gasteiger partial charge in [-0.05, 0) is 31.9 Å². The summed E-state index contributed by atoms with van der Waals surface area (Å²) in [4.78, 5) is 34.6. The van der Waals surface area contributed by atoms with E-state index in [0.29, 0.717) is 11.3 Å². The van der Waals surface area contributed by atoms with Gasteiger partial charge in [-0.25, -0.2) is 19.9 Å². The van der Waals surface area contributed by atoms with Crippen LogP contribution in [0.15, 0.2) is 30.9 Å². The molecule has 128 valence electrons. The fourth-order valence-electron chi connectivity index (χ4n) is 3.16. The molecule has 0 aromatic carbocycles. The van der Waals surface area contributed by atoms with Crippen molar-refractivity contribution in [1.29, 1.82) is 0 Å². The second-order valence-corrected chi connectivity index (χ2v) is 6.20. The number of anilines is 1. The molecule has 2 N–H and O–H groups in total. The molecule has 0 aliphatic carbocycles. The van der Waals surface area contributed by atoms with Gasteiger partial charge in [-0.1, -0.05) is 6.07 Å².